The summed E-state index contributed by atoms with van der Waals surface area (Å²) < 4.78 is 1.62. The molecule has 2 aliphatic rings. The van der Waals surface area contributed by atoms with E-state index in [4.69, 9.17) is 4.84 Å². The van der Waals surface area contributed by atoms with Gasteiger partial charge in [0.15, 0.2) is 6.40 Å². The summed E-state index contributed by atoms with van der Waals surface area (Å²) in [5.41, 5.74) is 3.79. The highest BCUT2D eigenvalue weighted by molar-refractivity contribution is 5.74. The lowest BCUT2D eigenvalue weighted by Gasteiger charge is -2.38. The standard InChI is InChI=1S/C20H22N10O3/c1-20(24-13-33-27-20)14-6-8-28(9-7-14)19-17(30(31)32)18(22-11-23-19)26-15-2-4-16(5-3-15)29-12-21-10-25-29/h2-5,10-14,27H,6-9H2,1H3,(H,22,23,26). The number of nitrogens with one attached hydrogen (secondary N) is 2. The SMILES string of the molecule is CC1(C2CCN(c3ncnc(Nc4ccc(-n5cncn5)cc4)c3[N+](=O)[O-])CC2)N=CON1. The Morgan fingerprint density at radius 1 is 1.21 bits per heavy atom. The Balaban J connectivity index is 1.35. The highest BCUT2D eigenvalue weighted by Crippen LogP contribution is 2.37. The summed E-state index contributed by atoms with van der Waals surface area (Å²) in [4.78, 5) is 35.3. The van der Waals surface area contributed by atoms with Gasteiger partial charge in [-0.1, -0.05) is 0 Å². The van der Waals surface area contributed by atoms with Crippen molar-refractivity contribution >= 4 is 29.4 Å². The first-order valence-corrected chi connectivity index (χ1v) is 10.5. The summed E-state index contributed by atoms with van der Waals surface area (Å²) >= 11 is 0. The molecule has 13 nitrogen and oxygen atoms in total. The average molecular weight is 450 g/mol. The van der Waals surface area contributed by atoms with Crippen LogP contribution in [0.2, 0.25) is 0 Å². The van der Waals surface area contributed by atoms with E-state index in [9.17, 15) is 10.1 Å². The lowest BCUT2D eigenvalue weighted by molar-refractivity contribution is -0.383. The number of piperidine rings is 1. The van der Waals surface area contributed by atoms with Crippen molar-refractivity contribution in [2.45, 2.75) is 25.4 Å². The molecule has 170 valence electrons. The molecule has 0 saturated carbocycles. The van der Waals surface area contributed by atoms with Gasteiger partial charge in [-0.2, -0.15) is 5.10 Å². The normalized spacial score (nSPS) is 20.6. The van der Waals surface area contributed by atoms with Crippen molar-refractivity contribution in [3.05, 3.63) is 53.4 Å². The lowest BCUT2D eigenvalue weighted by Crippen LogP contribution is -2.48. The van der Waals surface area contributed by atoms with Crippen LogP contribution in [0.3, 0.4) is 0 Å². The zero-order valence-electron chi connectivity index (χ0n) is 17.8. The first-order chi connectivity index (χ1) is 16.0. The van der Waals surface area contributed by atoms with Gasteiger partial charge in [0.1, 0.15) is 24.6 Å². The van der Waals surface area contributed by atoms with Crippen molar-refractivity contribution in [1.29, 1.82) is 0 Å². The number of hydroxylamine groups is 1. The third-order valence-electron chi connectivity index (χ3n) is 6.03. The third-order valence-corrected chi connectivity index (χ3v) is 6.03. The Morgan fingerprint density at radius 3 is 2.64 bits per heavy atom. The molecular weight excluding hydrogens is 428 g/mol. The van der Waals surface area contributed by atoms with Crippen LogP contribution in [0, 0.1) is 16.0 Å². The Bertz CT molecular complexity index is 1160. The van der Waals surface area contributed by atoms with Gasteiger partial charge in [0, 0.05) is 24.7 Å². The molecule has 1 unspecified atom stereocenters. The van der Waals surface area contributed by atoms with Crippen LogP contribution in [0.15, 0.2) is 48.2 Å². The number of rotatable bonds is 6. The molecule has 33 heavy (non-hydrogen) atoms. The second-order valence-corrected chi connectivity index (χ2v) is 8.03. The first kappa shape index (κ1) is 20.8. The molecule has 0 amide bonds. The number of benzene rings is 1. The number of anilines is 3. The van der Waals surface area contributed by atoms with Crippen molar-refractivity contribution in [2.24, 2.45) is 10.9 Å². The van der Waals surface area contributed by atoms with E-state index in [1.807, 2.05) is 24.0 Å². The van der Waals surface area contributed by atoms with Crippen LogP contribution in [-0.2, 0) is 4.84 Å². The van der Waals surface area contributed by atoms with Crippen molar-refractivity contribution in [2.75, 3.05) is 23.3 Å². The van der Waals surface area contributed by atoms with Gasteiger partial charge >= 0.3 is 5.69 Å². The molecule has 2 N–H and O–H groups in total. The monoisotopic (exact) mass is 450 g/mol. The van der Waals surface area contributed by atoms with Gasteiger partial charge in [-0.05, 0) is 44.0 Å². The van der Waals surface area contributed by atoms with E-state index < -0.39 is 10.6 Å². The van der Waals surface area contributed by atoms with Crippen LogP contribution in [0.5, 0.6) is 0 Å². The fourth-order valence-electron chi connectivity index (χ4n) is 4.19. The van der Waals surface area contributed by atoms with E-state index in [0.29, 0.717) is 24.6 Å². The minimum Gasteiger partial charge on any atom is -0.394 e. The van der Waals surface area contributed by atoms with Crippen molar-refractivity contribution in [1.82, 2.24) is 30.2 Å². The summed E-state index contributed by atoms with van der Waals surface area (Å²) in [7, 11) is 0. The quantitative estimate of drug-likeness (QED) is 0.423. The molecule has 1 atom stereocenters. The number of aromatic nitrogens is 5. The predicted molar refractivity (Wildman–Crippen MR) is 119 cm³/mol. The summed E-state index contributed by atoms with van der Waals surface area (Å²) in [6.07, 6.45) is 7.38. The van der Waals surface area contributed by atoms with Crippen molar-refractivity contribution < 1.29 is 9.76 Å². The van der Waals surface area contributed by atoms with Gasteiger partial charge in [-0.25, -0.2) is 24.6 Å². The maximum absolute atomic E-state index is 12.0. The van der Waals surface area contributed by atoms with E-state index in [0.717, 1.165) is 18.5 Å². The van der Waals surface area contributed by atoms with Gasteiger partial charge in [0.05, 0.1) is 10.6 Å². The van der Waals surface area contributed by atoms with E-state index in [1.165, 1.54) is 19.1 Å². The van der Waals surface area contributed by atoms with Crippen LogP contribution < -0.4 is 15.7 Å². The molecule has 3 aromatic rings. The molecule has 13 heteroatoms. The number of nitrogens with zero attached hydrogens (tertiary/aromatic N) is 8. The van der Waals surface area contributed by atoms with Gasteiger partial charge < -0.3 is 15.1 Å². The van der Waals surface area contributed by atoms with Gasteiger partial charge in [0.2, 0.25) is 11.6 Å². The molecule has 5 rings (SSSR count). The van der Waals surface area contributed by atoms with E-state index in [-0.39, 0.29) is 17.4 Å². The number of hydrogen-bond acceptors (Lipinski definition) is 11. The fraction of sp³-hybridized carbons (Fsp3) is 0.350. The molecule has 1 saturated heterocycles. The second-order valence-electron chi connectivity index (χ2n) is 8.03. The summed E-state index contributed by atoms with van der Waals surface area (Å²) in [6.45, 7) is 3.21. The molecule has 4 heterocycles. The van der Waals surface area contributed by atoms with E-state index in [1.54, 1.807) is 23.1 Å². The second kappa shape index (κ2) is 8.43. The maximum Gasteiger partial charge on any atom is 0.353 e. The van der Waals surface area contributed by atoms with Crippen molar-refractivity contribution in [3.8, 4) is 5.69 Å². The number of aliphatic imine (C=N–C) groups is 1. The highest BCUT2D eigenvalue weighted by Gasteiger charge is 2.40. The van der Waals surface area contributed by atoms with Gasteiger partial charge in [-0.3, -0.25) is 10.1 Å². The molecular formula is C20H22N10O3. The first-order valence-electron chi connectivity index (χ1n) is 10.5. The Morgan fingerprint density at radius 2 is 2.00 bits per heavy atom. The summed E-state index contributed by atoms with van der Waals surface area (Å²) in [5.74, 6) is 0.692. The molecule has 2 aliphatic heterocycles. The Hall–Kier alpha value is -4.13. The number of hydrogen-bond donors (Lipinski definition) is 2. The van der Waals surface area contributed by atoms with Gasteiger partial charge in [0.25, 0.3) is 0 Å². The van der Waals surface area contributed by atoms with Crippen LogP contribution in [0.4, 0.5) is 23.0 Å². The minimum absolute atomic E-state index is 0.142. The summed E-state index contributed by atoms with van der Waals surface area (Å²) in [5, 5.41) is 19.1. The molecule has 0 aliphatic carbocycles. The molecule has 1 fully saturated rings. The van der Waals surface area contributed by atoms with Crippen molar-refractivity contribution in [3.63, 3.8) is 0 Å². The largest absolute Gasteiger partial charge is 0.394 e. The molecule has 0 radical (unpaired) electrons. The average Bonchev–Trinajstić information content (AvgIpc) is 3.52. The van der Waals surface area contributed by atoms with Gasteiger partial charge in [-0.15, -0.1) is 5.48 Å². The molecule has 1 aromatic carbocycles. The van der Waals surface area contributed by atoms with Crippen LogP contribution in [0.25, 0.3) is 5.69 Å². The third kappa shape index (κ3) is 4.05. The highest BCUT2D eigenvalue weighted by atomic mass is 16.7. The minimum atomic E-state index is -0.477. The van der Waals surface area contributed by atoms with E-state index in [2.05, 4.69) is 35.8 Å². The fourth-order valence-corrected chi connectivity index (χ4v) is 4.19. The Labute approximate surface area is 188 Å². The van der Waals surface area contributed by atoms with Crippen LogP contribution in [0.1, 0.15) is 19.8 Å². The Kier molecular flexibility index (Phi) is 5.30. The van der Waals surface area contributed by atoms with E-state index >= 15 is 0 Å². The zero-order chi connectivity index (χ0) is 22.8. The maximum atomic E-state index is 12.0. The lowest BCUT2D eigenvalue weighted by atomic mass is 9.86. The summed E-state index contributed by atoms with van der Waals surface area (Å²) in [6, 6.07) is 7.26. The predicted octanol–water partition coefficient (Wildman–Crippen LogP) is 2.20. The molecule has 2 aromatic heterocycles. The zero-order valence-corrected chi connectivity index (χ0v) is 17.8. The number of nitro groups is 1. The van der Waals surface area contributed by atoms with Crippen LogP contribution in [-0.4, -0.2) is 54.8 Å². The smallest absolute Gasteiger partial charge is 0.353 e. The molecule has 0 spiro atoms. The molecule has 0 bridgehead atoms. The van der Waals surface area contributed by atoms with Crippen LogP contribution >= 0.6 is 0 Å². The topological polar surface area (TPSA) is 149 Å².